The fourth-order valence-corrected chi connectivity index (χ4v) is 3.83. The van der Waals surface area contributed by atoms with Gasteiger partial charge in [-0.1, -0.05) is 35.9 Å². The molecule has 1 aliphatic heterocycles. The molecule has 0 aliphatic carbocycles. The molecule has 0 unspecified atom stereocenters. The molecule has 1 aliphatic rings. The van der Waals surface area contributed by atoms with E-state index in [1.54, 1.807) is 13.2 Å². The van der Waals surface area contributed by atoms with E-state index in [4.69, 9.17) is 14.2 Å². The fraction of sp³-hybridized carbons (Fsp3) is 0.400. The van der Waals surface area contributed by atoms with Gasteiger partial charge in [-0.05, 0) is 56.5 Å². The average molecular weight is 410 g/mol. The van der Waals surface area contributed by atoms with E-state index >= 15 is 0 Å². The number of rotatable bonds is 9. The Hall–Kier alpha value is -2.79. The molecular weight excluding hydrogens is 378 g/mol. The van der Waals surface area contributed by atoms with Gasteiger partial charge in [0.15, 0.2) is 11.5 Å². The number of carbonyl (C=O) groups excluding carboxylic acids is 1. The first kappa shape index (κ1) is 21.9. The summed E-state index contributed by atoms with van der Waals surface area (Å²) >= 11 is 0. The van der Waals surface area contributed by atoms with Crippen molar-refractivity contribution >= 4 is 5.91 Å². The number of ether oxygens (including phenoxy) is 3. The molecule has 1 fully saturated rings. The first-order valence-corrected chi connectivity index (χ1v) is 10.4. The molecule has 0 spiro atoms. The van der Waals surface area contributed by atoms with Crippen LogP contribution >= 0.6 is 0 Å². The molecule has 5 heteroatoms. The van der Waals surface area contributed by atoms with Crippen molar-refractivity contribution in [3.8, 4) is 11.5 Å². The first-order valence-electron chi connectivity index (χ1n) is 10.4. The minimum Gasteiger partial charge on any atom is -0.493 e. The predicted octanol–water partition coefficient (Wildman–Crippen LogP) is 4.70. The molecule has 0 aromatic heterocycles. The quantitative estimate of drug-likeness (QED) is 0.564. The molecule has 2 aromatic rings. The number of benzene rings is 2. The van der Waals surface area contributed by atoms with Crippen LogP contribution in [0.5, 0.6) is 11.5 Å². The Morgan fingerprint density at radius 1 is 1.20 bits per heavy atom. The summed E-state index contributed by atoms with van der Waals surface area (Å²) in [4.78, 5) is 15.3. The molecule has 0 N–H and O–H groups in total. The first-order chi connectivity index (χ1) is 14.5. The molecule has 160 valence electrons. The Balaban J connectivity index is 1.84. The van der Waals surface area contributed by atoms with E-state index in [1.807, 2.05) is 49.1 Å². The van der Waals surface area contributed by atoms with Gasteiger partial charge < -0.3 is 19.1 Å². The molecule has 0 bridgehead atoms. The topological polar surface area (TPSA) is 48.0 Å². The summed E-state index contributed by atoms with van der Waals surface area (Å²) in [5, 5.41) is 0. The second-order valence-corrected chi connectivity index (χ2v) is 7.78. The van der Waals surface area contributed by atoms with Gasteiger partial charge in [0.2, 0.25) is 0 Å². The second-order valence-electron chi connectivity index (χ2n) is 7.78. The zero-order chi connectivity index (χ0) is 21.5. The average Bonchev–Trinajstić information content (AvgIpc) is 3.24. The summed E-state index contributed by atoms with van der Waals surface area (Å²) in [6.45, 7) is 9.93. The van der Waals surface area contributed by atoms with Gasteiger partial charge in [-0.25, -0.2) is 0 Å². The second kappa shape index (κ2) is 10.3. The zero-order valence-electron chi connectivity index (χ0n) is 18.1. The third kappa shape index (κ3) is 5.63. The van der Waals surface area contributed by atoms with Gasteiger partial charge in [0.1, 0.15) is 6.61 Å². The molecule has 1 heterocycles. The summed E-state index contributed by atoms with van der Waals surface area (Å²) in [6.07, 6.45) is 3.80. The van der Waals surface area contributed by atoms with Crippen molar-refractivity contribution in [2.75, 3.05) is 26.9 Å². The van der Waals surface area contributed by atoms with E-state index < -0.39 is 0 Å². The van der Waals surface area contributed by atoms with E-state index in [2.05, 4.69) is 12.6 Å². The number of hydrogen-bond donors (Lipinski definition) is 0. The standard InChI is InChI=1S/C25H31NO4/c1-5-10-30-23-9-8-20(15-24(23)28-4)16-26(17-22-7-6-11-29-22)25(27)21-13-18(2)12-19(3)14-21/h5,8-9,12-15,22H,1,6-7,10-11,16-17H2,2-4H3/t22-/m0/s1. The van der Waals surface area contributed by atoms with Crippen LogP contribution in [-0.4, -0.2) is 43.8 Å². The van der Waals surface area contributed by atoms with Crippen LogP contribution in [0.3, 0.4) is 0 Å². The van der Waals surface area contributed by atoms with Crippen LogP contribution in [0, 0.1) is 13.8 Å². The number of methoxy groups -OCH3 is 1. The predicted molar refractivity (Wildman–Crippen MR) is 118 cm³/mol. The highest BCUT2D eigenvalue weighted by atomic mass is 16.5. The Kier molecular flexibility index (Phi) is 7.52. The summed E-state index contributed by atoms with van der Waals surface area (Å²) in [7, 11) is 1.62. The molecule has 3 rings (SSSR count). The highest BCUT2D eigenvalue weighted by Gasteiger charge is 2.24. The van der Waals surface area contributed by atoms with Gasteiger partial charge in [0.25, 0.3) is 5.91 Å². The van der Waals surface area contributed by atoms with Gasteiger partial charge in [-0.3, -0.25) is 4.79 Å². The molecular formula is C25H31NO4. The van der Waals surface area contributed by atoms with Crippen molar-refractivity contribution in [3.05, 3.63) is 71.3 Å². The summed E-state index contributed by atoms with van der Waals surface area (Å²) < 4.78 is 16.9. The third-order valence-corrected chi connectivity index (χ3v) is 5.16. The van der Waals surface area contributed by atoms with Crippen molar-refractivity contribution in [3.63, 3.8) is 0 Å². The Bertz CT molecular complexity index is 866. The summed E-state index contributed by atoms with van der Waals surface area (Å²) in [5.41, 5.74) is 3.86. The molecule has 1 saturated heterocycles. The number of aryl methyl sites for hydroxylation is 2. The lowest BCUT2D eigenvalue weighted by Crippen LogP contribution is -2.37. The van der Waals surface area contributed by atoms with Crippen LogP contribution in [0.2, 0.25) is 0 Å². The number of carbonyl (C=O) groups is 1. The van der Waals surface area contributed by atoms with Crippen LogP contribution < -0.4 is 9.47 Å². The molecule has 0 saturated carbocycles. The lowest BCUT2D eigenvalue weighted by molar-refractivity contribution is 0.0507. The van der Waals surface area contributed by atoms with Crippen molar-refractivity contribution in [2.24, 2.45) is 0 Å². The molecule has 0 radical (unpaired) electrons. The molecule has 2 aromatic carbocycles. The highest BCUT2D eigenvalue weighted by molar-refractivity contribution is 5.94. The number of hydrogen-bond acceptors (Lipinski definition) is 4. The third-order valence-electron chi connectivity index (χ3n) is 5.16. The Morgan fingerprint density at radius 2 is 1.97 bits per heavy atom. The molecule has 1 amide bonds. The van der Waals surface area contributed by atoms with Gasteiger partial charge >= 0.3 is 0 Å². The fourth-order valence-electron chi connectivity index (χ4n) is 3.83. The van der Waals surface area contributed by atoms with E-state index in [0.717, 1.165) is 36.1 Å². The molecule has 5 nitrogen and oxygen atoms in total. The number of amides is 1. The molecule has 1 atom stereocenters. The Labute approximate surface area is 179 Å². The van der Waals surface area contributed by atoms with E-state index in [0.29, 0.717) is 36.8 Å². The lowest BCUT2D eigenvalue weighted by Gasteiger charge is -2.26. The Morgan fingerprint density at radius 3 is 2.60 bits per heavy atom. The van der Waals surface area contributed by atoms with Gasteiger partial charge in [-0.2, -0.15) is 0 Å². The van der Waals surface area contributed by atoms with Crippen LogP contribution in [0.25, 0.3) is 0 Å². The van der Waals surface area contributed by atoms with E-state index in [-0.39, 0.29) is 12.0 Å². The van der Waals surface area contributed by atoms with Crippen molar-refractivity contribution in [2.45, 2.75) is 39.3 Å². The van der Waals surface area contributed by atoms with Crippen LogP contribution in [-0.2, 0) is 11.3 Å². The van der Waals surface area contributed by atoms with Gasteiger partial charge in [0, 0.05) is 25.3 Å². The maximum Gasteiger partial charge on any atom is 0.254 e. The monoisotopic (exact) mass is 409 g/mol. The van der Waals surface area contributed by atoms with Crippen LogP contribution in [0.4, 0.5) is 0 Å². The minimum atomic E-state index is 0.0169. The van der Waals surface area contributed by atoms with Crippen LogP contribution in [0.1, 0.15) is 39.9 Å². The normalized spacial score (nSPS) is 15.6. The highest BCUT2D eigenvalue weighted by Crippen LogP contribution is 2.29. The molecule has 30 heavy (non-hydrogen) atoms. The maximum atomic E-state index is 13.4. The van der Waals surface area contributed by atoms with Crippen molar-refractivity contribution in [1.82, 2.24) is 4.90 Å². The maximum absolute atomic E-state index is 13.4. The van der Waals surface area contributed by atoms with Gasteiger partial charge in [-0.15, -0.1) is 0 Å². The minimum absolute atomic E-state index is 0.0169. The summed E-state index contributed by atoms with van der Waals surface area (Å²) in [5.74, 6) is 1.32. The van der Waals surface area contributed by atoms with Gasteiger partial charge in [0.05, 0.1) is 13.2 Å². The zero-order valence-corrected chi connectivity index (χ0v) is 18.1. The number of nitrogens with zero attached hydrogens (tertiary/aromatic N) is 1. The van der Waals surface area contributed by atoms with Crippen molar-refractivity contribution < 1.29 is 19.0 Å². The van der Waals surface area contributed by atoms with E-state index in [1.165, 1.54) is 0 Å². The SMILES string of the molecule is C=CCOc1ccc(CN(C[C@@H]2CCCO2)C(=O)c2cc(C)cc(C)c2)cc1OC. The van der Waals surface area contributed by atoms with Crippen molar-refractivity contribution in [1.29, 1.82) is 0 Å². The van der Waals surface area contributed by atoms with Crippen LogP contribution in [0.15, 0.2) is 49.1 Å². The van der Waals surface area contributed by atoms with E-state index in [9.17, 15) is 4.79 Å². The largest absolute Gasteiger partial charge is 0.493 e. The smallest absolute Gasteiger partial charge is 0.254 e. The lowest BCUT2D eigenvalue weighted by atomic mass is 10.1. The summed E-state index contributed by atoms with van der Waals surface area (Å²) in [6, 6.07) is 11.8.